The van der Waals surface area contributed by atoms with Crippen LogP contribution in [0.2, 0.25) is 0 Å². The number of hydrogen-bond donors (Lipinski definition) is 2. The fraction of sp³-hybridized carbons (Fsp3) is 0.286. The second-order valence-corrected chi connectivity index (χ2v) is 4.05. The van der Waals surface area contributed by atoms with E-state index in [2.05, 4.69) is 15.3 Å². The Balaban J connectivity index is 1.85. The van der Waals surface area contributed by atoms with E-state index in [4.69, 9.17) is 9.84 Å². The fourth-order valence-corrected chi connectivity index (χ4v) is 1.68. The zero-order chi connectivity index (χ0) is 13.5. The molecule has 2 N–H and O–H groups in total. The van der Waals surface area contributed by atoms with Gasteiger partial charge in [-0.1, -0.05) is 12.1 Å². The van der Waals surface area contributed by atoms with Gasteiger partial charge in [0.1, 0.15) is 5.75 Å². The lowest BCUT2D eigenvalue weighted by atomic mass is 10.1. The minimum Gasteiger partial charge on any atom is -0.497 e. The number of aromatic nitrogens is 2. The molecule has 1 aromatic carbocycles. The van der Waals surface area contributed by atoms with Crippen molar-refractivity contribution in [3.05, 3.63) is 47.8 Å². The standard InChI is InChI=1S/C14H17N3O2/c1-19-13-4-2-11(3-5-13)6-8-15-14-16-9-7-12(10-18)17-14/h2-5,7,9,18H,6,8,10H2,1H3,(H,15,16,17). The van der Waals surface area contributed by atoms with Gasteiger partial charge in [-0.05, 0) is 30.2 Å². The number of ether oxygens (including phenoxy) is 1. The predicted molar refractivity (Wildman–Crippen MR) is 73.1 cm³/mol. The Morgan fingerprint density at radius 1 is 1.21 bits per heavy atom. The minimum absolute atomic E-state index is 0.0737. The number of rotatable bonds is 6. The van der Waals surface area contributed by atoms with Crippen molar-refractivity contribution in [1.29, 1.82) is 0 Å². The van der Waals surface area contributed by atoms with Crippen LogP contribution < -0.4 is 10.1 Å². The molecule has 0 saturated carbocycles. The molecule has 2 rings (SSSR count). The van der Waals surface area contributed by atoms with E-state index >= 15 is 0 Å². The van der Waals surface area contributed by atoms with Crippen LogP contribution in [-0.4, -0.2) is 28.7 Å². The highest BCUT2D eigenvalue weighted by Gasteiger charge is 1.99. The summed E-state index contributed by atoms with van der Waals surface area (Å²) in [5, 5.41) is 12.1. The van der Waals surface area contributed by atoms with Crippen molar-refractivity contribution in [3.8, 4) is 5.75 Å². The number of hydrogen-bond acceptors (Lipinski definition) is 5. The summed E-state index contributed by atoms with van der Waals surface area (Å²) >= 11 is 0. The second kappa shape index (κ2) is 6.70. The van der Waals surface area contributed by atoms with E-state index in [1.165, 1.54) is 5.56 Å². The molecule has 1 heterocycles. The summed E-state index contributed by atoms with van der Waals surface area (Å²) in [6.07, 6.45) is 2.50. The summed E-state index contributed by atoms with van der Waals surface area (Å²) in [7, 11) is 1.65. The van der Waals surface area contributed by atoms with Crippen LogP contribution in [0.3, 0.4) is 0 Å². The first-order valence-corrected chi connectivity index (χ1v) is 6.11. The second-order valence-electron chi connectivity index (χ2n) is 4.05. The topological polar surface area (TPSA) is 67.3 Å². The fourth-order valence-electron chi connectivity index (χ4n) is 1.68. The van der Waals surface area contributed by atoms with E-state index in [-0.39, 0.29) is 6.61 Å². The number of methoxy groups -OCH3 is 1. The molecule has 0 aliphatic carbocycles. The van der Waals surface area contributed by atoms with Crippen LogP contribution >= 0.6 is 0 Å². The van der Waals surface area contributed by atoms with Crippen LogP contribution in [0.5, 0.6) is 5.75 Å². The Kier molecular flexibility index (Phi) is 4.69. The molecular formula is C14H17N3O2. The lowest BCUT2D eigenvalue weighted by Crippen LogP contribution is -2.08. The third-order valence-electron chi connectivity index (χ3n) is 2.73. The van der Waals surface area contributed by atoms with Gasteiger partial charge in [0.2, 0.25) is 5.95 Å². The Bertz CT molecular complexity index is 514. The third kappa shape index (κ3) is 3.93. The first-order valence-electron chi connectivity index (χ1n) is 6.11. The Morgan fingerprint density at radius 3 is 2.68 bits per heavy atom. The summed E-state index contributed by atoms with van der Waals surface area (Å²) < 4.78 is 5.11. The van der Waals surface area contributed by atoms with Crippen LogP contribution in [-0.2, 0) is 13.0 Å². The van der Waals surface area contributed by atoms with Crippen molar-refractivity contribution in [2.24, 2.45) is 0 Å². The molecule has 0 aliphatic rings. The van der Waals surface area contributed by atoms with Gasteiger partial charge in [0.05, 0.1) is 19.4 Å². The smallest absolute Gasteiger partial charge is 0.222 e. The van der Waals surface area contributed by atoms with Crippen molar-refractivity contribution in [2.45, 2.75) is 13.0 Å². The molecule has 0 fully saturated rings. The molecule has 5 heteroatoms. The lowest BCUT2D eigenvalue weighted by Gasteiger charge is -2.06. The molecule has 0 spiro atoms. The molecule has 0 aliphatic heterocycles. The lowest BCUT2D eigenvalue weighted by molar-refractivity contribution is 0.277. The molecule has 0 bridgehead atoms. The first-order chi connectivity index (χ1) is 9.31. The van der Waals surface area contributed by atoms with Gasteiger partial charge in [-0.15, -0.1) is 0 Å². The van der Waals surface area contributed by atoms with Gasteiger partial charge in [0.25, 0.3) is 0 Å². The quantitative estimate of drug-likeness (QED) is 0.825. The summed E-state index contributed by atoms with van der Waals surface area (Å²) in [5.74, 6) is 1.40. The average molecular weight is 259 g/mol. The van der Waals surface area contributed by atoms with Gasteiger partial charge in [-0.25, -0.2) is 9.97 Å². The maximum absolute atomic E-state index is 8.98. The van der Waals surface area contributed by atoms with Crippen LogP contribution in [0.1, 0.15) is 11.3 Å². The Labute approximate surface area is 112 Å². The van der Waals surface area contributed by atoms with Crippen molar-refractivity contribution in [2.75, 3.05) is 19.0 Å². The molecule has 100 valence electrons. The predicted octanol–water partition coefficient (Wildman–Crippen LogP) is 1.63. The summed E-state index contributed by atoms with van der Waals surface area (Å²) in [5.41, 5.74) is 1.83. The maximum atomic E-state index is 8.98. The zero-order valence-corrected chi connectivity index (χ0v) is 10.8. The Morgan fingerprint density at radius 2 is 2.00 bits per heavy atom. The summed E-state index contributed by atoms with van der Waals surface area (Å²) in [4.78, 5) is 8.25. The molecule has 1 aromatic heterocycles. The molecule has 0 amide bonds. The van der Waals surface area contributed by atoms with Gasteiger partial charge in [0.15, 0.2) is 0 Å². The highest BCUT2D eigenvalue weighted by atomic mass is 16.5. The Hall–Kier alpha value is -2.14. The molecule has 0 atom stereocenters. The normalized spacial score (nSPS) is 10.2. The van der Waals surface area contributed by atoms with Crippen LogP contribution in [0, 0.1) is 0 Å². The number of anilines is 1. The molecule has 5 nitrogen and oxygen atoms in total. The number of aliphatic hydroxyl groups is 1. The SMILES string of the molecule is COc1ccc(CCNc2nccc(CO)n2)cc1. The molecule has 2 aromatic rings. The van der Waals surface area contributed by atoms with Crippen LogP contribution in [0.4, 0.5) is 5.95 Å². The summed E-state index contributed by atoms with van der Waals surface area (Å²) in [6.45, 7) is 0.664. The number of benzene rings is 1. The molecule has 0 unspecified atom stereocenters. The van der Waals surface area contributed by atoms with Crippen molar-refractivity contribution in [1.82, 2.24) is 9.97 Å². The van der Waals surface area contributed by atoms with Gasteiger partial charge >= 0.3 is 0 Å². The molecule has 0 radical (unpaired) electrons. The number of aliphatic hydroxyl groups excluding tert-OH is 1. The molecular weight excluding hydrogens is 242 g/mol. The molecule has 19 heavy (non-hydrogen) atoms. The molecule has 0 saturated heterocycles. The highest BCUT2D eigenvalue weighted by Crippen LogP contribution is 2.11. The average Bonchev–Trinajstić information content (AvgIpc) is 2.48. The summed E-state index contributed by atoms with van der Waals surface area (Å²) in [6, 6.07) is 9.64. The van der Waals surface area contributed by atoms with E-state index in [9.17, 15) is 0 Å². The minimum atomic E-state index is -0.0737. The van der Waals surface area contributed by atoms with E-state index in [1.54, 1.807) is 19.4 Å². The van der Waals surface area contributed by atoms with Crippen LogP contribution in [0.25, 0.3) is 0 Å². The van der Waals surface area contributed by atoms with Gasteiger partial charge < -0.3 is 15.2 Å². The largest absolute Gasteiger partial charge is 0.497 e. The zero-order valence-electron chi connectivity index (χ0n) is 10.8. The highest BCUT2D eigenvalue weighted by molar-refractivity contribution is 5.29. The van der Waals surface area contributed by atoms with Gasteiger partial charge in [-0.3, -0.25) is 0 Å². The monoisotopic (exact) mass is 259 g/mol. The van der Waals surface area contributed by atoms with Crippen molar-refractivity contribution < 1.29 is 9.84 Å². The first kappa shape index (κ1) is 13.3. The van der Waals surface area contributed by atoms with Gasteiger partial charge in [0, 0.05) is 12.7 Å². The van der Waals surface area contributed by atoms with E-state index in [0.29, 0.717) is 11.6 Å². The van der Waals surface area contributed by atoms with E-state index < -0.39 is 0 Å². The van der Waals surface area contributed by atoms with Crippen LogP contribution in [0.15, 0.2) is 36.5 Å². The van der Waals surface area contributed by atoms with E-state index in [0.717, 1.165) is 18.7 Å². The van der Waals surface area contributed by atoms with Crippen molar-refractivity contribution >= 4 is 5.95 Å². The number of nitrogens with zero attached hydrogens (tertiary/aromatic N) is 2. The van der Waals surface area contributed by atoms with Crippen molar-refractivity contribution in [3.63, 3.8) is 0 Å². The third-order valence-corrected chi connectivity index (χ3v) is 2.73. The van der Waals surface area contributed by atoms with Gasteiger partial charge in [-0.2, -0.15) is 0 Å². The van der Waals surface area contributed by atoms with E-state index in [1.807, 2.05) is 24.3 Å². The maximum Gasteiger partial charge on any atom is 0.222 e. The number of nitrogens with one attached hydrogen (secondary N) is 1.